The third-order valence-electron chi connectivity index (χ3n) is 5.14. The molecule has 6 nitrogen and oxygen atoms in total. The van der Waals surface area contributed by atoms with Crippen LogP contribution in [0, 0.1) is 5.92 Å². The first-order valence-corrected chi connectivity index (χ1v) is 9.43. The maximum Gasteiger partial charge on any atom is 0.223 e. The number of benzene rings is 2. The third kappa shape index (κ3) is 4.82. The maximum atomic E-state index is 12.6. The number of nitrogens with zero attached hydrogens (tertiary/aromatic N) is 1. The van der Waals surface area contributed by atoms with Gasteiger partial charge >= 0.3 is 0 Å². The Morgan fingerprint density at radius 2 is 1.68 bits per heavy atom. The summed E-state index contributed by atoms with van der Waals surface area (Å²) in [5, 5.41) is 3.03. The topological polar surface area (TPSA) is 67.9 Å². The minimum absolute atomic E-state index is 0.0120. The fraction of sp³-hybridized carbons (Fsp3) is 0.364. The summed E-state index contributed by atoms with van der Waals surface area (Å²) < 4.78 is 10.5. The molecule has 1 heterocycles. The summed E-state index contributed by atoms with van der Waals surface area (Å²) in [5.74, 6) is 1.51. The number of carbonyl (C=O) groups excluding carboxylic acids is 2. The molecular formula is C22H26N2O4. The zero-order valence-electron chi connectivity index (χ0n) is 16.3. The lowest BCUT2D eigenvalue weighted by molar-refractivity contribution is -0.125. The first-order chi connectivity index (χ1) is 13.6. The van der Waals surface area contributed by atoms with E-state index in [4.69, 9.17) is 9.47 Å². The summed E-state index contributed by atoms with van der Waals surface area (Å²) in [6, 6.07) is 13.2. The highest BCUT2D eigenvalue weighted by Crippen LogP contribution is 2.25. The second-order valence-corrected chi connectivity index (χ2v) is 6.91. The number of carbonyl (C=O) groups is 2. The van der Waals surface area contributed by atoms with Crippen LogP contribution in [0.2, 0.25) is 0 Å². The van der Waals surface area contributed by atoms with Crippen molar-refractivity contribution < 1.29 is 19.1 Å². The van der Waals surface area contributed by atoms with Crippen LogP contribution >= 0.6 is 0 Å². The lowest BCUT2D eigenvalue weighted by atomic mass is 9.95. The highest BCUT2D eigenvalue weighted by atomic mass is 16.5. The van der Waals surface area contributed by atoms with E-state index in [0.717, 1.165) is 43.5 Å². The van der Waals surface area contributed by atoms with Gasteiger partial charge in [0.2, 0.25) is 5.91 Å². The van der Waals surface area contributed by atoms with E-state index in [0.29, 0.717) is 23.6 Å². The molecule has 1 saturated heterocycles. The number of anilines is 1. The maximum absolute atomic E-state index is 12.6. The molecule has 2 aromatic carbocycles. The van der Waals surface area contributed by atoms with E-state index >= 15 is 0 Å². The summed E-state index contributed by atoms with van der Waals surface area (Å²) in [6.45, 7) is 2.09. The van der Waals surface area contributed by atoms with Gasteiger partial charge < -0.3 is 19.7 Å². The van der Waals surface area contributed by atoms with Crippen LogP contribution in [-0.4, -0.2) is 39.5 Å². The molecule has 0 atom stereocenters. The largest absolute Gasteiger partial charge is 0.497 e. The van der Waals surface area contributed by atoms with Gasteiger partial charge in [-0.25, -0.2) is 0 Å². The van der Waals surface area contributed by atoms with Crippen molar-refractivity contribution in [1.29, 1.82) is 0 Å². The Hall–Kier alpha value is -3.02. The molecule has 0 saturated carbocycles. The Morgan fingerprint density at radius 3 is 2.21 bits per heavy atom. The van der Waals surface area contributed by atoms with Crippen molar-refractivity contribution in [1.82, 2.24) is 5.32 Å². The van der Waals surface area contributed by atoms with Gasteiger partial charge in [-0.3, -0.25) is 9.59 Å². The van der Waals surface area contributed by atoms with Crippen molar-refractivity contribution in [3.05, 3.63) is 53.6 Å². The summed E-state index contributed by atoms with van der Waals surface area (Å²) in [5.41, 5.74) is 2.71. The van der Waals surface area contributed by atoms with Gasteiger partial charge in [0.05, 0.1) is 14.2 Å². The molecule has 148 valence electrons. The van der Waals surface area contributed by atoms with Crippen LogP contribution in [-0.2, 0) is 11.3 Å². The van der Waals surface area contributed by atoms with E-state index in [2.05, 4.69) is 10.2 Å². The summed E-state index contributed by atoms with van der Waals surface area (Å²) in [7, 11) is 3.22. The monoisotopic (exact) mass is 382 g/mol. The first kappa shape index (κ1) is 19.7. The van der Waals surface area contributed by atoms with E-state index in [9.17, 15) is 9.59 Å². The third-order valence-corrected chi connectivity index (χ3v) is 5.14. The van der Waals surface area contributed by atoms with Crippen LogP contribution in [0.5, 0.6) is 11.5 Å². The number of amides is 1. The molecule has 0 aromatic heterocycles. The van der Waals surface area contributed by atoms with Crippen LogP contribution in [0.3, 0.4) is 0 Å². The molecule has 1 aliphatic rings. The molecule has 1 N–H and O–H groups in total. The standard InChI is InChI=1S/C22H26N2O4/c1-27-20-11-17(12-21(13-20)28-2)14-23-22(26)18-7-9-24(10-8-18)19-5-3-16(15-25)4-6-19/h3-6,11-13,15,18H,7-10,14H2,1-2H3,(H,23,26). The molecule has 1 amide bonds. The number of nitrogens with one attached hydrogen (secondary N) is 1. The Morgan fingerprint density at radius 1 is 1.07 bits per heavy atom. The van der Waals surface area contributed by atoms with Gasteiger partial charge in [0.15, 0.2) is 0 Å². The molecule has 0 spiro atoms. The van der Waals surface area contributed by atoms with E-state index in [-0.39, 0.29) is 11.8 Å². The summed E-state index contributed by atoms with van der Waals surface area (Å²) in [6.07, 6.45) is 2.46. The smallest absolute Gasteiger partial charge is 0.223 e. The van der Waals surface area contributed by atoms with Crippen LogP contribution in [0.4, 0.5) is 5.69 Å². The van der Waals surface area contributed by atoms with E-state index in [1.165, 1.54) is 0 Å². The van der Waals surface area contributed by atoms with Gasteiger partial charge in [-0.15, -0.1) is 0 Å². The normalized spacial score (nSPS) is 14.4. The van der Waals surface area contributed by atoms with Crippen molar-refractivity contribution in [3.63, 3.8) is 0 Å². The van der Waals surface area contributed by atoms with Crippen molar-refractivity contribution >= 4 is 17.9 Å². The SMILES string of the molecule is COc1cc(CNC(=O)C2CCN(c3ccc(C=O)cc3)CC2)cc(OC)c1. The number of methoxy groups -OCH3 is 2. The summed E-state index contributed by atoms with van der Waals surface area (Å²) in [4.78, 5) is 25.6. The molecule has 0 radical (unpaired) electrons. The lowest BCUT2D eigenvalue weighted by Gasteiger charge is -2.33. The summed E-state index contributed by atoms with van der Waals surface area (Å²) >= 11 is 0. The molecule has 6 heteroatoms. The number of ether oxygens (including phenoxy) is 2. The number of rotatable bonds is 7. The minimum Gasteiger partial charge on any atom is -0.497 e. The molecule has 0 aliphatic carbocycles. The Kier molecular flexibility index (Phi) is 6.53. The molecular weight excluding hydrogens is 356 g/mol. The van der Waals surface area contributed by atoms with E-state index in [1.807, 2.05) is 42.5 Å². The van der Waals surface area contributed by atoms with Gasteiger partial charge in [0.25, 0.3) is 0 Å². The Bertz CT molecular complexity index is 790. The van der Waals surface area contributed by atoms with Gasteiger partial charge in [0, 0.05) is 42.9 Å². The molecule has 0 bridgehead atoms. The van der Waals surface area contributed by atoms with Crippen LogP contribution in [0.25, 0.3) is 0 Å². The second kappa shape index (κ2) is 9.26. The van der Waals surface area contributed by atoms with Gasteiger partial charge in [-0.05, 0) is 54.8 Å². The highest BCUT2D eigenvalue weighted by Gasteiger charge is 2.25. The van der Waals surface area contributed by atoms with Crippen molar-refractivity contribution in [2.24, 2.45) is 5.92 Å². The van der Waals surface area contributed by atoms with Crippen LogP contribution in [0.15, 0.2) is 42.5 Å². The molecule has 3 rings (SSSR count). The van der Waals surface area contributed by atoms with Crippen molar-refractivity contribution in [2.75, 3.05) is 32.2 Å². The highest BCUT2D eigenvalue weighted by molar-refractivity contribution is 5.79. The zero-order valence-corrected chi connectivity index (χ0v) is 16.3. The second-order valence-electron chi connectivity index (χ2n) is 6.91. The molecule has 0 unspecified atom stereocenters. The van der Waals surface area contributed by atoms with E-state index < -0.39 is 0 Å². The Balaban J connectivity index is 1.52. The average molecular weight is 382 g/mol. The van der Waals surface area contributed by atoms with Crippen molar-refractivity contribution in [3.8, 4) is 11.5 Å². The zero-order chi connectivity index (χ0) is 19.9. The molecule has 2 aromatic rings. The number of piperidine rings is 1. The number of hydrogen-bond acceptors (Lipinski definition) is 5. The fourth-order valence-corrected chi connectivity index (χ4v) is 3.47. The first-order valence-electron chi connectivity index (χ1n) is 9.43. The van der Waals surface area contributed by atoms with Gasteiger partial charge in [-0.2, -0.15) is 0 Å². The van der Waals surface area contributed by atoms with E-state index in [1.54, 1.807) is 14.2 Å². The quantitative estimate of drug-likeness (QED) is 0.746. The number of aldehydes is 1. The minimum atomic E-state index is 0.0120. The molecule has 1 fully saturated rings. The molecule has 28 heavy (non-hydrogen) atoms. The number of hydrogen-bond donors (Lipinski definition) is 1. The average Bonchev–Trinajstić information content (AvgIpc) is 2.77. The van der Waals surface area contributed by atoms with Gasteiger partial charge in [-0.1, -0.05) is 0 Å². The predicted molar refractivity (Wildman–Crippen MR) is 108 cm³/mol. The predicted octanol–water partition coefficient (Wildman–Crippen LogP) is 3.05. The van der Waals surface area contributed by atoms with Crippen molar-refractivity contribution in [2.45, 2.75) is 19.4 Å². The fourth-order valence-electron chi connectivity index (χ4n) is 3.47. The van der Waals surface area contributed by atoms with Crippen LogP contribution in [0.1, 0.15) is 28.8 Å². The van der Waals surface area contributed by atoms with Gasteiger partial charge in [0.1, 0.15) is 17.8 Å². The lowest BCUT2D eigenvalue weighted by Crippen LogP contribution is -2.40. The Labute approximate surface area is 165 Å². The van der Waals surface area contributed by atoms with Crippen LogP contribution < -0.4 is 19.7 Å². The molecule has 1 aliphatic heterocycles.